The molecule has 0 amide bonds. The highest BCUT2D eigenvalue weighted by atomic mass is 16.5. The zero-order valence-corrected chi connectivity index (χ0v) is 21.9. The van der Waals surface area contributed by atoms with Crippen molar-refractivity contribution in [3.63, 3.8) is 0 Å². The molecule has 0 aromatic rings. The van der Waals surface area contributed by atoms with Gasteiger partial charge >= 0.3 is 17.9 Å². The second-order valence-corrected chi connectivity index (χ2v) is 11.4. The van der Waals surface area contributed by atoms with E-state index in [9.17, 15) is 24.4 Å². The van der Waals surface area contributed by atoms with Crippen LogP contribution in [0.25, 0.3) is 0 Å². The van der Waals surface area contributed by atoms with Crippen LogP contribution in [-0.4, -0.2) is 64.5 Å². The quantitative estimate of drug-likeness (QED) is 0.178. The maximum Gasteiger partial charge on any atom is 0.328 e. The number of carbonyl (C=O) groups excluding carboxylic acids is 2. The summed E-state index contributed by atoms with van der Waals surface area (Å²) in [5, 5.41) is 32.3. The van der Waals surface area contributed by atoms with Crippen LogP contribution in [0.4, 0.5) is 0 Å². The van der Waals surface area contributed by atoms with Gasteiger partial charge in [0.15, 0.2) is 0 Å². The van der Waals surface area contributed by atoms with Gasteiger partial charge in [-0.15, -0.1) is 0 Å². The van der Waals surface area contributed by atoms with E-state index in [2.05, 4.69) is 24.3 Å². The number of hydrogen-bond acceptors (Lipinski definition) is 8. The van der Waals surface area contributed by atoms with Crippen molar-refractivity contribution < 1.29 is 39.3 Å². The standard InChI is InChI=1S/C23H36N2O4.C4H4O4/c1-22-9-6-14(29-21(27)8-11-24-3)12-18(22)19(25-28)13-15-16-4-5-20(26)23(16,2)10-7-17(15)22;5-3(6)1-2-4(7)8/h14-18,24,28H,4-13H2,1-3H3;1-2H,(H,5,6)(H,7,8)/b25-19+;2-1+/t14-,15-,16-,17-,18?,22+,23-;/m0./s1. The molecular formula is C27H40N2O8. The lowest BCUT2D eigenvalue weighted by Gasteiger charge is -2.60. The number of carboxylic acid groups (broad SMARTS) is 2. The number of ketones is 1. The number of hydrogen-bond donors (Lipinski definition) is 4. The molecule has 10 nitrogen and oxygen atoms in total. The summed E-state index contributed by atoms with van der Waals surface area (Å²) in [7, 11) is 1.83. The molecule has 0 heterocycles. The first kappa shape index (κ1) is 28.8. The third kappa shape index (κ3) is 6.05. The number of Topliss-reactive ketones (excluding diaryl/α,β-unsaturated/α-hetero) is 1. The van der Waals surface area contributed by atoms with E-state index in [0.717, 1.165) is 50.7 Å². The molecule has 4 fully saturated rings. The van der Waals surface area contributed by atoms with Crippen molar-refractivity contribution >= 4 is 29.4 Å². The number of ether oxygens (including phenoxy) is 1. The van der Waals surface area contributed by atoms with Gasteiger partial charge in [0.2, 0.25) is 0 Å². The minimum absolute atomic E-state index is 0.0608. The summed E-state index contributed by atoms with van der Waals surface area (Å²) >= 11 is 0. The van der Waals surface area contributed by atoms with Gasteiger partial charge in [0.05, 0.1) is 12.1 Å². The Labute approximate surface area is 217 Å². The van der Waals surface area contributed by atoms with Gasteiger partial charge < -0.3 is 25.5 Å². The molecular weight excluding hydrogens is 480 g/mol. The van der Waals surface area contributed by atoms with Gasteiger partial charge in [-0.1, -0.05) is 19.0 Å². The van der Waals surface area contributed by atoms with Crippen LogP contribution in [0.5, 0.6) is 0 Å². The third-order valence-corrected chi connectivity index (χ3v) is 9.51. The molecule has 0 spiro atoms. The Morgan fingerprint density at radius 3 is 2.35 bits per heavy atom. The lowest BCUT2D eigenvalue weighted by Crippen LogP contribution is -2.57. The Morgan fingerprint density at radius 1 is 1.08 bits per heavy atom. The second kappa shape index (κ2) is 11.8. The molecule has 0 aliphatic heterocycles. The van der Waals surface area contributed by atoms with E-state index >= 15 is 0 Å². The molecule has 4 rings (SSSR count). The number of rotatable bonds is 6. The third-order valence-electron chi connectivity index (χ3n) is 9.51. The fourth-order valence-corrected chi connectivity index (χ4v) is 7.63. The summed E-state index contributed by atoms with van der Waals surface area (Å²) in [5.74, 6) is -0.661. The number of esters is 1. The van der Waals surface area contributed by atoms with Crippen molar-refractivity contribution in [1.82, 2.24) is 5.32 Å². The summed E-state index contributed by atoms with van der Waals surface area (Å²) < 4.78 is 5.76. The van der Waals surface area contributed by atoms with Crippen molar-refractivity contribution in [2.75, 3.05) is 13.6 Å². The number of nitrogens with one attached hydrogen (secondary N) is 1. The maximum atomic E-state index is 12.6. The Kier molecular flexibility index (Phi) is 9.15. The first-order valence-electron chi connectivity index (χ1n) is 13.2. The summed E-state index contributed by atoms with van der Waals surface area (Å²) in [5.41, 5.74) is 0.754. The predicted molar refractivity (Wildman–Crippen MR) is 134 cm³/mol. The van der Waals surface area contributed by atoms with E-state index in [4.69, 9.17) is 14.9 Å². The molecule has 206 valence electrons. The normalized spacial score (nSPS) is 37.6. The smallest absolute Gasteiger partial charge is 0.328 e. The largest absolute Gasteiger partial charge is 0.478 e. The first-order chi connectivity index (χ1) is 17.5. The van der Waals surface area contributed by atoms with E-state index in [-0.39, 0.29) is 28.8 Å². The summed E-state index contributed by atoms with van der Waals surface area (Å²) in [6.45, 7) is 5.16. The highest BCUT2D eigenvalue weighted by Crippen LogP contribution is 2.65. The molecule has 4 aliphatic rings. The Bertz CT molecular complexity index is 946. The van der Waals surface area contributed by atoms with E-state index < -0.39 is 11.9 Å². The fraction of sp³-hybridized carbons (Fsp3) is 0.741. The van der Waals surface area contributed by atoms with Crippen LogP contribution in [0.3, 0.4) is 0 Å². The fourth-order valence-electron chi connectivity index (χ4n) is 7.63. The molecule has 0 saturated heterocycles. The van der Waals surface area contributed by atoms with Gasteiger partial charge in [-0.2, -0.15) is 0 Å². The number of carbonyl (C=O) groups is 4. The molecule has 0 radical (unpaired) electrons. The Balaban J connectivity index is 0.000000414. The van der Waals surface area contributed by atoms with Crippen LogP contribution in [0, 0.1) is 34.5 Å². The van der Waals surface area contributed by atoms with E-state index in [1.54, 1.807) is 0 Å². The molecule has 0 aromatic heterocycles. The molecule has 10 heteroatoms. The van der Waals surface area contributed by atoms with Gasteiger partial charge in [0, 0.05) is 36.5 Å². The highest BCUT2D eigenvalue weighted by Gasteiger charge is 2.62. The zero-order valence-electron chi connectivity index (χ0n) is 21.9. The first-order valence-corrected chi connectivity index (χ1v) is 13.2. The van der Waals surface area contributed by atoms with Gasteiger partial charge in [-0.25, -0.2) is 9.59 Å². The molecule has 4 aliphatic carbocycles. The minimum atomic E-state index is -1.26. The molecule has 0 bridgehead atoms. The van der Waals surface area contributed by atoms with E-state index in [0.29, 0.717) is 55.1 Å². The van der Waals surface area contributed by atoms with Crippen LogP contribution in [0.1, 0.15) is 71.6 Å². The summed E-state index contributed by atoms with van der Waals surface area (Å²) in [6, 6.07) is 0. The summed E-state index contributed by atoms with van der Waals surface area (Å²) in [4.78, 5) is 43.8. The molecule has 4 saturated carbocycles. The van der Waals surface area contributed by atoms with Crippen LogP contribution in [0.15, 0.2) is 17.3 Å². The number of carboxylic acids is 2. The molecule has 37 heavy (non-hydrogen) atoms. The van der Waals surface area contributed by atoms with Crippen molar-refractivity contribution in [2.24, 2.45) is 39.7 Å². The van der Waals surface area contributed by atoms with Gasteiger partial charge in [-0.3, -0.25) is 9.59 Å². The highest BCUT2D eigenvalue weighted by molar-refractivity contribution is 5.90. The molecule has 7 atom stereocenters. The average molecular weight is 521 g/mol. The predicted octanol–water partition coefficient (Wildman–Crippen LogP) is 3.27. The average Bonchev–Trinajstić information content (AvgIpc) is 3.16. The number of oxime groups is 1. The van der Waals surface area contributed by atoms with Crippen molar-refractivity contribution in [1.29, 1.82) is 0 Å². The van der Waals surface area contributed by atoms with Crippen molar-refractivity contribution in [2.45, 2.75) is 77.7 Å². The lowest BCUT2D eigenvalue weighted by atomic mass is 9.44. The molecule has 4 N–H and O–H groups in total. The Morgan fingerprint density at radius 2 is 1.76 bits per heavy atom. The van der Waals surface area contributed by atoms with Gasteiger partial charge in [0.1, 0.15) is 11.9 Å². The monoisotopic (exact) mass is 520 g/mol. The van der Waals surface area contributed by atoms with Crippen LogP contribution in [0.2, 0.25) is 0 Å². The maximum absolute atomic E-state index is 12.6. The SMILES string of the molecule is CNCCC(=O)O[C@H]1CC[C@@]2(C)C(C1)/C(=N/O)C[C@@H]1[C@@H]2CC[C@]2(C)C(=O)CC[C@@H]12.O=C(O)/C=C/C(=O)O. The van der Waals surface area contributed by atoms with Gasteiger partial charge in [-0.05, 0) is 75.2 Å². The lowest BCUT2D eigenvalue weighted by molar-refractivity contribution is -0.156. The van der Waals surface area contributed by atoms with Crippen LogP contribution < -0.4 is 5.32 Å². The molecule has 1 unspecified atom stereocenters. The summed E-state index contributed by atoms with van der Waals surface area (Å²) in [6.07, 6.45) is 8.59. The van der Waals surface area contributed by atoms with Gasteiger partial charge in [0.25, 0.3) is 0 Å². The zero-order chi connectivity index (χ0) is 27.4. The number of fused-ring (bicyclic) bond motifs is 5. The Hall–Kier alpha value is -2.75. The number of nitrogens with zero attached hydrogens (tertiary/aromatic N) is 1. The second-order valence-electron chi connectivity index (χ2n) is 11.4. The van der Waals surface area contributed by atoms with E-state index in [1.165, 1.54) is 0 Å². The minimum Gasteiger partial charge on any atom is -0.478 e. The van der Waals surface area contributed by atoms with Crippen molar-refractivity contribution in [3.8, 4) is 0 Å². The topological polar surface area (TPSA) is 163 Å². The molecule has 0 aromatic carbocycles. The van der Waals surface area contributed by atoms with Crippen LogP contribution in [-0.2, 0) is 23.9 Å². The van der Waals surface area contributed by atoms with Crippen molar-refractivity contribution in [3.05, 3.63) is 12.2 Å². The van der Waals surface area contributed by atoms with Crippen LogP contribution >= 0.6 is 0 Å². The number of aliphatic carboxylic acids is 2. The van der Waals surface area contributed by atoms with E-state index in [1.807, 2.05) is 7.05 Å².